The van der Waals surface area contributed by atoms with E-state index in [-0.39, 0.29) is 18.4 Å². The SMILES string of the molecule is COc1cc(C[C@@H](CC(=O)[O-])C[C@@H](C)OCc2ccccc2)cc(OC)c1. The van der Waals surface area contributed by atoms with E-state index in [1.807, 2.05) is 49.4 Å². The van der Waals surface area contributed by atoms with Crippen LogP contribution in [0.2, 0.25) is 0 Å². The molecule has 0 heterocycles. The quantitative estimate of drug-likeness (QED) is 0.607. The molecule has 0 fully saturated rings. The summed E-state index contributed by atoms with van der Waals surface area (Å²) in [5.74, 6) is 0.220. The molecule has 0 amide bonds. The highest BCUT2D eigenvalue weighted by atomic mass is 16.5. The summed E-state index contributed by atoms with van der Waals surface area (Å²) in [6.07, 6.45) is 1.13. The van der Waals surface area contributed by atoms with Gasteiger partial charge in [0.1, 0.15) is 11.5 Å². The first-order chi connectivity index (χ1) is 13.0. The molecule has 0 saturated carbocycles. The minimum atomic E-state index is -1.05. The summed E-state index contributed by atoms with van der Waals surface area (Å²) in [5, 5.41) is 11.2. The summed E-state index contributed by atoms with van der Waals surface area (Å²) < 4.78 is 16.5. The van der Waals surface area contributed by atoms with Crippen molar-refractivity contribution in [1.29, 1.82) is 0 Å². The van der Waals surface area contributed by atoms with Gasteiger partial charge >= 0.3 is 0 Å². The summed E-state index contributed by atoms with van der Waals surface area (Å²) in [6.45, 7) is 2.48. The Labute approximate surface area is 160 Å². The molecule has 0 aromatic heterocycles. The maximum atomic E-state index is 11.2. The minimum absolute atomic E-state index is 0.0153. The van der Waals surface area contributed by atoms with Gasteiger partial charge in [-0.2, -0.15) is 0 Å². The summed E-state index contributed by atoms with van der Waals surface area (Å²) in [7, 11) is 3.19. The number of carbonyl (C=O) groups is 1. The van der Waals surface area contributed by atoms with Crippen LogP contribution in [0, 0.1) is 5.92 Å². The number of methoxy groups -OCH3 is 2. The van der Waals surface area contributed by atoms with Crippen LogP contribution < -0.4 is 14.6 Å². The maximum absolute atomic E-state index is 11.2. The number of hydrogen-bond acceptors (Lipinski definition) is 5. The van der Waals surface area contributed by atoms with Crippen LogP contribution in [0.5, 0.6) is 11.5 Å². The Bertz CT molecular complexity index is 692. The third-order valence-corrected chi connectivity index (χ3v) is 4.43. The lowest BCUT2D eigenvalue weighted by Crippen LogP contribution is -2.28. The van der Waals surface area contributed by atoms with Crippen LogP contribution in [0.25, 0.3) is 0 Å². The van der Waals surface area contributed by atoms with Crippen LogP contribution in [0.1, 0.15) is 30.9 Å². The van der Waals surface area contributed by atoms with Gasteiger partial charge in [0.2, 0.25) is 0 Å². The van der Waals surface area contributed by atoms with Crippen LogP contribution in [-0.2, 0) is 22.6 Å². The Kier molecular flexibility index (Phi) is 8.14. The van der Waals surface area contributed by atoms with Gasteiger partial charge in [-0.3, -0.25) is 0 Å². The van der Waals surface area contributed by atoms with E-state index in [1.54, 1.807) is 20.3 Å². The van der Waals surface area contributed by atoms with Gasteiger partial charge in [0.15, 0.2) is 0 Å². The molecule has 0 N–H and O–H groups in total. The first-order valence-corrected chi connectivity index (χ1v) is 9.07. The van der Waals surface area contributed by atoms with Gasteiger partial charge in [-0.05, 0) is 55.4 Å². The lowest BCUT2D eigenvalue weighted by atomic mass is 9.91. The second-order valence-corrected chi connectivity index (χ2v) is 6.71. The average Bonchev–Trinajstić information content (AvgIpc) is 2.66. The molecule has 5 heteroatoms. The van der Waals surface area contributed by atoms with E-state index < -0.39 is 5.97 Å². The third kappa shape index (κ3) is 7.31. The highest BCUT2D eigenvalue weighted by Gasteiger charge is 2.16. The minimum Gasteiger partial charge on any atom is -0.550 e. The molecule has 2 aromatic rings. The van der Waals surface area contributed by atoms with E-state index in [2.05, 4.69) is 0 Å². The van der Waals surface area contributed by atoms with Gasteiger partial charge in [0, 0.05) is 12.0 Å². The van der Waals surface area contributed by atoms with Gasteiger partial charge < -0.3 is 24.1 Å². The van der Waals surface area contributed by atoms with E-state index in [0.717, 1.165) is 11.1 Å². The van der Waals surface area contributed by atoms with Crippen LogP contribution in [0.3, 0.4) is 0 Å². The number of ether oxygens (including phenoxy) is 3. The normalized spacial score (nSPS) is 13.0. The van der Waals surface area contributed by atoms with Crippen LogP contribution >= 0.6 is 0 Å². The lowest BCUT2D eigenvalue weighted by molar-refractivity contribution is -0.306. The number of hydrogen-bond donors (Lipinski definition) is 0. The molecule has 0 saturated heterocycles. The second-order valence-electron chi connectivity index (χ2n) is 6.71. The van der Waals surface area contributed by atoms with Crippen molar-refractivity contribution in [3.8, 4) is 11.5 Å². The first kappa shape index (κ1) is 20.8. The standard InChI is InChI=1S/C22H28O5/c1-16(27-15-17-7-5-4-6-8-17)9-18(13-22(23)24)10-19-11-20(25-2)14-21(12-19)26-3/h4-8,11-12,14,16,18H,9-10,13,15H2,1-3H3,(H,23,24)/p-1/t16-,18+/m1/s1. The van der Waals surface area contributed by atoms with Crippen molar-refractivity contribution in [3.63, 3.8) is 0 Å². The molecule has 0 bridgehead atoms. The lowest BCUT2D eigenvalue weighted by Gasteiger charge is -2.22. The van der Waals surface area contributed by atoms with Gasteiger partial charge in [0.25, 0.3) is 0 Å². The van der Waals surface area contributed by atoms with Crippen LogP contribution in [0.15, 0.2) is 48.5 Å². The predicted molar refractivity (Wildman–Crippen MR) is 102 cm³/mol. The van der Waals surface area contributed by atoms with Crippen molar-refractivity contribution in [2.45, 2.75) is 38.9 Å². The number of carbonyl (C=O) groups excluding carboxylic acids is 1. The molecular weight excluding hydrogens is 344 g/mol. The van der Waals surface area contributed by atoms with Crippen molar-refractivity contribution in [1.82, 2.24) is 0 Å². The molecule has 0 unspecified atom stereocenters. The van der Waals surface area contributed by atoms with E-state index in [9.17, 15) is 9.90 Å². The monoisotopic (exact) mass is 371 g/mol. The topological polar surface area (TPSA) is 67.8 Å². The largest absolute Gasteiger partial charge is 0.550 e. The van der Waals surface area contributed by atoms with E-state index >= 15 is 0 Å². The summed E-state index contributed by atoms with van der Waals surface area (Å²) >= 11 is 0. The molecular formula is C22H27O5-. The van der Waals surface area contributed by atoms with Gasteiger partial charge in [-0.1, -0.05) is 30.3 Å². The molecule has 27 heavy (non-hydrogen) atoms. The molecule has 2 aromatic carbocycles. The van der Waals surface area contributed by atoms with E-state index in [1.165, 1.54) is 0 Å². The van der Waals surface area contributed by atoms with Crippen LogP contribution in [-0.4, -0.2) is 26.3 Å². The van der Waals surface area contributed by atoms with Crippen molar-refractivity contribution in [3.05, 3.63) is 59.7 Å². The van der Waals surface area contributed by atoms with Crippen LogP contribution in [0.4, 0.5) is 0 Å². The Morgan fingerprint density at radius 1 is 1.00 bits per heavy atom. The number of carboxylic acid groups (broad SMARTS) is 1. The molecule has 2 atom stereocenters. The van der Waals surface area contributed by atoms with E-state index in [4.69, 9.17) is 14.2 Å². The maximum Gasteiger partial charge on any atom is 0.122 e. The molecule has 0 aliphatic heterocycles. The fourth-order valence-corrected chi connectivity index (χ4v) is 3.14. The molecule has 5 nitrogen and oxygen atoms in total. The third-order valence-electron chi connectivity index (χ3n) is 4.43. The second kappa shape index (κ2) is 10.6. The number of benzene rings is 2. The molecule has 0 aliphatic carbocycles. The number of aliphatic carboxylic acids is 1. The zero-order chi connectivity index (χ0) is 19.6. The van der Waals surface area contributed by atoms with Gasteiger partial charge in [-0.25, -0.2) is 0 Å². The highest BCUT2D eigenvalue weighted by Crippen LogP contribution is 2.27. The Morgan fingerprint density at radius 2 is 1.63 bits per heavy atom. The fourth-order valence-electron chi connectivity index (χ4n) is 3.14. The number of rotatable bonds is 11. The predicted octanol–water partition coefficient (Wildman–Crippen LogP) is 3.00. The summed E-state index contributed by atoms with van der Waals surface area (Å²) in [6, 6.07) is 15.5. The first-order valence-electron chi connectivity index (χ1n) is 9.07. The van der Waals surface area contributed by atoms with Crippen molar-refractivity contribution < 1.29 is 24.1 Å². The summed E-state index contributed by atoms with van der Waals surface area (Å²) in [4.78, 5) is 11.2. The highest BCUT2D eigenvalue weighted by molar-refractivity contribution is 5.64. The molecule has 0 radical (unpaired) electrons. The molecule has 0 aliphatic rings. The Balaban J connectivity index is 2.00. The van der Waals surface area contributed by atoms with Gasteiger partial charge in [0.05, 0.1) is 26.9 Å². The molecule has 2 rings (SSSR count). The summed E-state index contributed by atoms with van der Waals surface area (Å²) in [5.41, 5.74) is 2.06. The van der Waals surface area contributed by atoms with E-state index in [0.29, 0.717) is 30.9 Å². The van der Waals surface area contributed by atoms with Crippen molar-refractivity contribution >= 4 is 5.97 Å². The van der Waals surface area contributed by atoms with Gasteiger partial charge in [-0.15, -0.1) is 0 Å². The fraction of sp³-hybridized carbons (Fsp3) is 0.409. The molecule has 0 spiro atoms. The zero-order valence-electron chi connectivity index (χ0n) is 16.1. The number of carboxylic acids is 1. The average molecular weight is 371 g/mol. The Morgan fingerprint density at radius 3 is 2.19 bits per heavy atom. The molecule has 146 valence electrons. The van der Waals surface area contributed by atoms with Crippen molar-refractivity contribution in [2.24, 2.45) is 5.92 Å². The van der Waals surface area contributed by atoms with Crippen molar-refractivity contribution in [2.75, 3.05) is 14.2 Å². The Hall–Kier alpha value is -2.53. The smallest absolute Gasteiger partial charge is 0.122 e. The zero-order valence-corrected chi connectivity index (χ0v) is 16.1.